The molecular weight excluding hydrogens is 419 g/mol. The summed E-state index contributed by atoms with van der Waals surface area (Å²) in [6, 6.07) is 0. The van der Waals surface area contributed by atoms with Crippen molar-refractivity contribution in [3.05, 3.63) is 27.6 Å². The van der Waals surface area contributed by atoms with Gasteiger partial charge in [-0.15, -0.1) is 0 Å². The van der Waals surface area contributed by atoms with E-state index in [9.17, 15) is 22.8 Å². The topological polar surface area (TPSA) is 73.2 Å². The van der Waals surface area contributed by atoms with Gasteiger partial charge in [-0.1, -0.05) is 0 Å². The highest BCUT2D eigenvalue weighted by molar-refractivity contribution is 9.10. The lowest BCUT2D eigenvalue weighted by molar-refractivity contribution is -0.142. The van der Waals surface area contributed by atoms with Crippen molar-refractivity contribution in [1.29, 1.82) is 0 Å². The van der Waals surface area contributed by atoms with Crippen LogP contribution in [0.3, 0.4) is 0 Å². The van der Waals surface area contributed by atoms with E-state index in [1.54, 1.807) is 6.92 Å². The van der Waals surface area contributed by atoms with Gasteiger partial charge in [0.2, 0.25) is 5.91 Å². The van der Waals surface area contributed by atoms with Gasteiger partial charge in [-0.2, -0.15) is 18.3 Å². The van der Waals surface area contributed by atoms with Gasteiger partial charge in [0.1, 0.15) is 0 Å². The summed E-state index contributed by atoms with van der Waals surface area (Å²) in [5.74, 6) is -0.974. The smallest absolute Gasteiger partial charge is 0.436 e. The third-order valence-corrected chi connectivity index (χ3v) is 4.45. The van der Waals surface area contributed by atoms with Crippen molar-refractivity contribution in [2.75, 3.05) is 6.61 Å². The number of esters is 1. The van der Waals surface area contributed by atoms with Crippen molar-refractivity contribution in [2.45, 2.75) is 51.7 Å². The molecule has 2 rings (SSSR count). The number of allylic oxidation sites excluding steroid dienone is 1. The Balaban J connectivity index is 2.03. The number of hydrogen-bond donors (Lipinski definition) is 1. The summed E-state index contributed by atoms with van der Waals surface area (Å²) in [4.78, 5) is 23.3. The lowest BCUT2D eigenvalue weighted by Crippen LogP contribution is -2.24. The van der Waals surface area contributed by atoms with Crippen molar-refractivity contribution in [1.82, 2.24) is 15.1 Å². The summed E-state index contributed by atoms with van der Waals surface area (Å²) in [7, 11) is 0. The number of aromatic nitrogens is 2. The molecule has 1 aromatic heterocycles. The SMILES string of the molecule is CCOC(=O)/C=C(\C)NC(=O)CCn1nc(C(F)(F)F)c(Br)c1C1CC1. The molecule has 1 amide bonds. The minimum atomic E-state index is -4.56. The molecule has 0 unspecified atom stereocenters. The van der Waals surface area contributed by atoms with E-state index in [2.05, 4.69) is 26.3 Å². The van der Waals surface area contributed by atoms with Crippen LogP contribution in [0.25, 0.3) is 0 Å². The Kier molecular flexibility index (Phi) is 6.48. The molecule has 0 aliphatic heterocycles. The zero-order chi connectivity index (χ0) is 19.5. The van der Waals surface area contributed by atoms with Gasteiger partial charge in [0, 0.05) is 24.1 Å². The average Bonchev–Trinajstić information content (AvgIpc) is 3.27. The number of aryl methyl sites for hydroxylation is 1. The normalized spacial score (nSPS) is 15.1. The Hall–Kier alpha value is -1.84. The van der Waals surface area contributed by atoms with E-state index >= 15 is 0 Å². The van der Waals surface area contributed by atoms with Crippen LogP contribution in [0.5, 0.6) is 0 Å². The second-order valence-corrected chi connectivity index (χ2v) is 6.71. The third-order valence-electron chi connectivity index (χ3n) is 3.67. The highest BCUT2D eigenvalue weighted by atomic mass is 79.9. The van der Waals surface area contributed by atoms with Crippen molar-refractivity contribution >= 4 is 27.8 Å². The summed E-state index contributed by atoms with van der Waals surface area (Å²) >= 11 is 3.00. The van der Waals surface area contributed by atoms with E-state index in [0.29, 0.717) is 11.4 Å². The first-order valence-corrected chi connectivity index (χ1v) is 8.91. The molecule has 1 N–H and O–H groups in total. The summed E-state index contributed by atoms with van der Waals surface area (Å²) in [5, 5.41) is 6.14. The maximum Gasteiger partial charge on any atom is 0.436 e. The Morgan fingerprint density at radius 2 is 2.08 bits per heavy atom. The van der Waals surface area contributed by atoms with Gasteiger partial charge in [-0.05, 0) is 42.6 Å². The standard InChI is InChI=1S/C16H19BrF3N3O3/c1-3-26-12(25)8-9(2)21-11(24)6-7-23-14(10-4-5-10)13(17)15(22-23)16(18,19)20/h8,10H,3-7H2,1-2H3,(H,21,24)/b9-8+. The molecule has 0 atom stereocenters. The van der Waals surface area contributed by atoms with E-state index < -0.39 is 23.7 Å². The summed E-state index contributed by atoms with van der Waals surface area (Å²) in [6.07, 6.45) is -1.89. The van der Waals surface area contributed by atoms with Gasteiger partial charge in [-0.3, -0.25) is 9.48 Å². The molecule has 1 aliphatic carbocycles. The minimum absolute atomic E-state index is 0.0129. The number of carbonyl (C=O) groups is 2. The number of hydrogen-bond acceptors (Lipinski definition) is 4. The number of amides is 1. The van der Waals surface area contributed by atoms with Crippen LogP contribution < -0.4 is 5.32 Å². The van der Waals surface area contributed by atoms with Gasteiger partial charge in [0.05, 0.1) is 23.3 Å². The van der Waals surface area contributed by atoms with E-state index in [-0.39, 0.29) is 30.0 Å². The fourth-order valence-electron chi connectivity index (χ4n) is 2.44. The second-order valence-electron chi connectivity index (χ2n) is 5.92. The number of halogens is 4. The van der Waals surface area contributed by atoms with Crippen LogP contribution in [0.1, 0.15) is 50.4 Å². The number of nitrogens with one attached hydrogen (secondary N) is 1. The number of rotatable bonds is 7. The first-order chi connectivity index (χ1) is 12.1. The molecule has 0 aromatic carbocycles. The average molecular weight is 438 g/mol. The Morgan fingerprint density at radius 3 is 2.62 bits per heavy atom. The van der Waals surface area contributed by atoms with Gasteiger partial charge in [0.15, 0.2) is 5.69 Å². The monoisotopic (exact) mass is 437 g/mol. The first-order valence-electron chi connectivity index (χ1n) is 8.11. The van der Waals surface area contributed by atoms with Gasteiger partial charge in [-0.25, -0.2) is 4.79 Å². The predicted molar refractivity (Wildman–Crippen MR) is 90.1 cm³/mol. The fourth-order valence-corrected chi connectivity index (χ4v) is 3.27. The molecule has 0 spiro atoms. The highest BCUT2D eigenvalue weighted by Crippen LogP contribution is 2.46. The molecule has 6 nitrogen and oxygen atoms in total. The fraction of sp³-hybridized carbons (Fsp3) is 0.562. The molecular formula is C16H19BrF3N3O3. The molecule has 144 valence electrons. The number of carbonyl (C=O) groups excluding carboxylic acids is 2. The molecule has 26 heavy (non-hydrogen) atoms. The van der Waals surface area contributed by atoms with Crippen LogP contribution in [0.15, 0.2) is 16.2 Å². The quantitative estimate of drug-likeness (QED) is 0.523. The molecule has 0 radical (unpaired) electrons. The molecule has 1 saturated carbocycles. The molecule has 0 bridgehead atoms. The number of ether oxygens (including phenoxy) is 1. The van der Waals surface area contributed by atoms with Gasteiger partial charge in [0.25, 0.3) is 0 Å². The van der Waals surface area contributed by atoms with Crippen LogP contribution >= 0.6 is 15.9 Å². The summed E-state index contributed by atoms with van der Waals surface area (Å²) < 4.78 is 45.1. The molecule has 1 fully saturated rings. The van der Waals surface area contributed by atoms with Crippen LogP contribution in [-0.2, 0) is 27.0 Å². The second kappa shape index (κ2) is 8.24. The molecule has 1 aromatic rings. The highest BCUT2D eigenvalue weighted by Gasteiger charge is 2.41. The number of nitrogens with zero attached hydrogens (tertiary/aromatic N) is 2. The third kappa shape index (κ3) is 5.33. The van der Waals surface area contributed by atoms with Gasteiger partial charge >= 0.3 is 12.1 Å². The Morgan fingerprint density at radius 1 is 1.42 bits per heavy atom. The Bertz CT molecular complexity index is 724. The Labute approximate surface area is 156 Å². The predicted octanol–water partition coefficient (Wildman–Crippen LogP) is 3.52. The van der Waals surface area contributed by atoms with E-state index in [1.807, 2.05) is 0 Å². The molecule has 0 saturated heterocycles. The zero-order valence-electron chi connectivity index (χ0n) is 14.3. The summed E-state index contributed by atoms with van der Waals surface area (Å²) in [5.41, 5.74) is -0.199. The van der Waals surface area contributed by atoms with E-state index in [4.69, 9.17) is 4.74 Å². The van der Waals surface area contributed by atoms with Crippen LogP contribution in [0.4, 0.5) is 13.2 Å². The van der Waals surface area contributed by atoms with E-state index in [0.717, 1.165) is 18.9 Å². The lowest BCUT2D eigenvalue weighted by Gasteiger charge is -2.08. The van der Waals surface area contributed by atoms with Crippen molar-refractivity contribution in [3.63, 3.8) is 0 Å². The van der Waals surface area contributed by atoms with Crippen molar-refractivity contribution < 1.29 is 27.5 Å². The van der Waals surface area contributed by atoms with Crippen molar-refractivity contribution in [3.8, 4) is 0 Å². The molecule has 10 heteroatoms. The van der Waals surface area contributed by atoms with Gasteiger partial charge < -0.3 is 10.1 Å². The molecule has 1 aliphatic rings. The minimum Gasteiger partial charge on any atom is -0.463 e. The van der Waals surface area contributed by atoms with E-state index in [1.165, 1.54) is 11.6 Å². The maximum atomic E-state index is 13.0. The molecule has 1 heterocycles. The lowest BCUT2D eigenvalue weighted by atomic mass is 10.2. The van der Waals surface area contributed by atoms with Crippen LogP contribution in [-0.4, -0.2) is 28.3 Å². The van der Waals surface area contributed by atoms with Crippen LogP contribution in [0.2, 0.25) is 0 Å². The first kappa shape index (κ1) is 20.5. The largest absolute Gasteiger partial charge is 0.463 e. The summed E-state index contributed by atoms with van der Waals surface area (Å²) in [6.45, 7) is 3.42. The van der Waals surface area contributed by atoms with Crippen molar-refractivity contribution in [2.24, 2.45) is 0 Å². The zero-order valence-corrected chi connectivity index (χ0v) is 15.9. The maximum absolute atomic E-state index is 13.0. The van der Waals surface area contributed by atoms with Crippen LogP contribution in [0, 0.1) is 0 Å². The number of alkyl halides is 3.